The lowest BCUT2D eigenvalue weighted by atomic mass is 9.69. The van der Waals surface area contributed by atoms with Gasteiger partial charge in [0, 0.05) is 31.4 Å². The number of esters is 3. The quantitative estimate of drug-likeness (QED) is 0.0363. The Kier molecular flexibility index (Phi) is 17.7. The second-order valence-electron chi connectivity index (χ2n) is 16.7. The van der Waals surface area contributed by atoms with Crippen molar-refractivity contribution in [1.29, 1.82) is 0 Å². The highest BCUT2D eigenvalue weighted by molar-refractivity contribution is 6.05. The van der Waals surface area contributed by atoms with E-state index >= 15 is 0 Å². The molecule has 0 aromatic heterocycles. The monoisotopic (exact) mass is 826 g/mol. The largest absolute Gasteiger partial charge is 0.466 e. The normalized spacial score (nSPS) is 16.3. The number of carbonyl (C=O) groups is 5. The summed E-state index contributed by atoms with van der Waals surface area (Å²) in [7, 11) is 2.01. The Morgan fingerprint density at radius 1 is 0.883 bits per heavy atom. The zero-order valence-corrected chi connectivity index (χ0v) is 37.0. The smallest absolute Gasteiger partial charge is 0.411 e. The van der Waals surface area contributed by atoms with Crippen LogP contribution < -0.4 is 15.0 Å². The minimum Gasteiger partial charge on any atom is -0.466 e. The van der Waals surface area contributed by atoms with Crippen molar-refractivity contribution >= 4 is 41.2 Å². The topological polar surface area (TPSA) is 138 Å². The van der Waals surface area contributed by atoms with Crippen molar-refractivity contribution in [3.8, 4) is 5.75 Å². The SMILES string of the molecule is CCCCOC(=O)C(CC(CC)c1ccc(CC2(C(=O)Oc3ccc(COC(=O)Nc4ccc(N(C)CC)cc4C)cc3)CCCCC2=O)cc1)CC(C)(C)C(=O)OCC. The molecular formula is C49H66N2O9. The number of ether oxygens (including phenoxy) is 4. The molecule has 11 nitrogen and oxygen atoms in total. The Bertz CT molecular complexity index is 1910. The van der Waals surface area contributed by atoms with Gasteiger partial charge in [0.1, 0.15) is 17.8 Å². The van der Waals surface area contributed by atoms with Gasteiger partial charge in [-0.1, -0.05) is 63.1 Å². The molecule has 3 atom stereocenters. The number of hydrogen-bond donors (Lipinski definition) is 1. The van der Waals surface area contributed by atoms with Crippen LogP contribution in [0.3, 0.4) is 0 Å². The van der Waals surface area contributed by atoms with Crippen LogP contribution in [-0.2, 0) is 46.4 Å². The molecule has 0 spiro atoms. The molecule has 3 aromatic carbocycles. The van der Waals surface area contributed by atoms with Crippen LogP contribution in [0.15, 0.2) is 66.7 Å². The van der Waals surface area contributed by atoms with Gasteiger partial charge in [-0.05, 0) is 138 Å². The van der Waals surface area contributed by atoms with Crippen LogP contribution in [0.25, 0.3) is 0 Å². The number of benzene rings is 3. The predicted octanol–water partition coefficient (Wildman–Crippen LogP) is 10.3. The maximum Gasteiger partial charge on any atom is 0.411 e. The molecule has 1 fully saturated rings. The standard InChI is InChI=1S/C49H66N2O9/c1-9-13-28-58-44(53)39(32-48(6,7)45(54)57-12-4)30-37(10-2)38-21-17-35(18-22-38)31-49(27-15-14-16-43(49)52)46(55)60-41-24-19-36(20-25-41)33-59-47(56)50-42-26-23-40(29-34(42)5)51(8)11-3/h17-26,29,37,39H,9-16,27-28,30-33H2,1-8H3,(H,50,56). The van der Waals surface area contributed by atoms with Crippen molar-refractivity contribution in [2.75, 3.05) is 37.0 Å². The molecule has 3 aromatic rings. The number of ketones is 1. The highest BCUT2D eigenvalue weighted by Crippen LogP contribution is 2.40. The molecule has 0 aliphatic heterocycles. The van der Waals surface area contributed by atoms with Crippen LogP contribution >= 0.6 is 0 Å². The number of carbonyl (C=O) groups excluding carboxylic acids is 5. The van der Waals surface area contributed by atoms with Gasteiger partial charge in [0.25, 0.3) is 0 Å². The fourth-order valence-electron chi connectivity index (χ4n) is 7.79. The summed E-state index contributed by atoms with van der Waals surface area (Å²) in [4.78, 5) is 68.5. The Morgan fingerprint density at radius 3 is 2.20 bits per heavy atom. The van der Waals surface area contributed by atoms with Gasteiger partial charge in [-0.15, -0.1) is 0 Å². The first kappa shape index (κ1) is 47.5. The van der Waals surface area contributed by atoms with E-state index in [1.807, 2.05) is 77.2 Å². The maximum absolute atomic E-state index is 14.0. The van der Waals surface area contributed by atoms with Crippen molar-refractivity contribution in [2.45, 2.75) is 125 Å². The number of hydrogen-bond acceptors (Lipinski definition) is 10. The van der Waals surface area contributed by atoms with Crippen LogP contribution in [0.2, 0.25) is 0 Å². The minimum absolute atomic E-state index is 0.00759. The first-order valence-corrected chi connectivity index (χ1v) is 21.7. The van der Waals surface area contributed by atoms with E-state index in [1.54, 1.807) is 31.2 Å². The van der Waals surface area contributed by atoms with Gasteiger partial charge < -0.3 is 23.8 Å². The average molecular weight is 827 g/mol. The lowest BCUT2D eigenvalue weighted by Gasteiger charge is -2.33. The first-order chi connectivity index (χ1) is 28.7. The molecule has 326 valence electrons. The molecule has 0 bridgehead atoms. The first-order valence-electron chi connectivity index (χ1n) is 21.7. The molecule has 0 radical (unpaired) electrons. The molecule has 1 amide bonds. The van der Waals surface area contributed by atoms with Gasteiger partial charge in [-0.3, -0.25) is 24.5 Å². The highest BCUT2D eigenvalue weighted by atomic mass is 16.6. The molecule has 1 aliphatic rings. The van der Waals surface area contributed by atoms with Crippen LogP contribution in [0, 0.1) is 23.7 Å². The third kappa shape index (κ3) is 12.9. The van der Waals surface area contributed by atoms with Gasteiger partial charge >= 0.3 is 24.0 Å². The second-order valence-corrected chi connectivity index (χ2v) is 16.7. The summed E-state index contributed by atoms with van der Waals surface area (Å²) in [5, 5.41) is 2.80. The van der Waals surface area contributed by atoms with Crippen molar-refractivity contribution in [2.24, 2.45) is 16.7 Å². The summed E-state index contributed by atoms with van der Waals surface area (Å²) in [6.45, 7) is 15.0. The van der Waals surface area contributed by atoms with Gasteiger partial charge in [-0.2, -0.15) is 0 Å². The van der Waals surface area contributed by atoms with E-state index in [1.165, 1.54) is 0 Å². The number of amides is 1. The van der Waals surface area contributed by atoms with Crippen molar-refractivity contribution in [1.82, 2.24) is 0 Å². The third-order valence-electron chi connectivity index (χ3n) is 11.7. The Balaban J connectivity index is 1.41. The fourth-order valence-corrected chi connectivity index (χ4v) is 7.79. The summed E-state index contributed by atoms with van der Waals surface area (Å²) in [6.07, 6.45) is 5.02. The van der Waals surface area contributed by atoms with E-state index < -0.39 is 28.8 Å². The second kappa shape index (κ2) is 22.4. The third-order valence-corrected chi connectivity index (χ3v) is 11.7. The number of Topliss-reactive ketones (excluding diaryl/α,β-unsaturated/α-hetero) is 1. The Labute approximate surface area is 356 Å². The van der Waals surface area contributed by atoms with Gasteiger partial charge in [-0.25, -0.2) is 4.79 Å². The number of nitrogens with zero attached hydrogens (tertiary/aromatic N) is 1. The minimum atomic E-state index is -1.32. The van der Waals surface area contributed by atoms with Crippen molar-refractivity contribution in [3.63, 3.8) is 0 Å². The molecular weight excluding hydrogens is 761 g/mol. The predicted molar refractivity (Wildman–Crippen MR) is 234 cm³/mol. The van der Waals surface area contributed by atoms with E-state index in [0.29, 0.717) is 49.3 Å². The highest BCUT2D eigenvalue weighted by Gasteiger charge is 2.48. The van der Waals surface area contributed by atoms with Gasteiger partial charge in [0.2, 0.25) is 0 Å². The van der Waals surface area contributed by atoms with E-state index in [4.69, 9.17) is 18.9 Å². The average Bonchev–Trinajstić information content (AvgIpc) is 3.23. The Morgan fingerprint density at radius 2 is 1.58 bits per heavy atom. The van der Waals surface area contributed by atoms with Gasteiger partial charge in [0.05, 0.1) is 24.5 Å². The number of nitrogens with one attached hydrogen (secondary N) is 1. The lowest BCUT2D eigenvalue weighted by molar-refractivity contribution is -0.158. The van der Waals surface area contributed by atoms with Gasteiger partial charge in [0.15, 0.2) is 5.78 Å². The molecule has 4 rings (SSSR count). The van der Waals surface area contributed by atoms with Crippen molar-refractivity contribution < 1.29 is 42.9 Å². The number of rotatable bonds is 21. The van der Waals surface area contributed by atoms with Crippen LogP contribution in [0.5, 0.6) is 5.75 Å². The molecule has 3 unspecified atom stereocenters. The van der Waals surface area contributed by atoms with Crippen LogP contribution in [0.4, 0.5) is 16.2 Å². The maximum atomic E-state index is 14.0. The number of unbranched alkanes of at least 4 members (excludes halogenated alkanes) is 1. The fraction of sp³-hybridized carbons (Fsp3) is 0.531. The lowest BCUT2D eigenvalue weighted by Crippen LogP contribution is -2.46. The summed E-state index contributed by atoms with van der Waals surface area (Å²) in [6, 6.07) is 20.5. The van der Waals surface area contributed by atoms with E-state index in [9.17, 15) is 24.0 Å². The zero-order valence-electron chi connectivity index (χ0n) is 37.0. The molecule has 11 heteroatoms. The number of aryl methyl sites for hydroxylation is 1. The molecule has 0 heterocycles. The summed E-state index contributed by atoms with van der Waals surface area (Å²) >= 11 is 0. The van der Waals surface area contributed by atoms with E-state index in [2.05, 4.69) is 24.1 Å². The van der Waals surface area contributed by atoms with E-state index in [0.717, 1.165) is 61.0 Å². The summed E-state index contributed by atoms with van der Waals surface area (Å²) < 4.78 is 22.4. The van der Waals surface area contributed by atoms with Crippen molar-refractivity contribution in [3.05, 3.63) is 89.0 Å². The molecule has 1 saturated carbocycles. The zero-order chi connectivity index (χ0) is 43.9. The summed E-state index contributed by atoms with van der Waals surface area (Å²) in [5.41, 5.74) is 3.03. The molecule has 0 saturated heterocycles. The molecule has 1 N–H and O–H groups in total. The molecule has 1 aliphatic carbocycles. The number of anilines is 2. The Hall–Kier alpha value is -5.19. The molecule has 60 heavy (non-hydrogen) atoms. The van der Waals surface area contributed by atoms with Crippen LogP contribution in [0.1, 0.15) is 128 Å². The van der Waals surface area contributed by atoms with E-state index in [-0.39, 0.29) is 43.3 Å². The summed E-state index contributed by atoms with van der Waals surface area (Å²) in [5.74, 6) is -1.54. The van der Waals surface area contributed by atoms with Crippen LogP contribution in [-0.4, -0.2) is 56.6 Å².